The number of halogens is 2. The van der Waals surface area contributed by atoms with Crippen LogP contribution in [0.1, 0.15) is 23.8 Å². The standard InChI is InChI=1S/C14H14BrNO2.ClH/c15-11-3-1-2-4-13(11)18-12-5-7-16-9-14-10(12)6-8-17-14;/h1-4,6,8,12,16H,5,7,9H2;1H. The molecule has 5 heteroatoms. The molecule has 0 aliphatic carbocycles. The summed E-state index contributed by atoms with van der Waals surface area (Å²) in [7, 11) is 0. The Kier molecular flexibility index (Phi) is 4.91. The summed E-state index contributed by atoms with van der Waals surface area (Å²) in [6, 6.07) is 9.92. The number of rotatable bonds is 2. The molecule has 0 fully saturated rings. The third kappa shape index (κ3) is 3.14. The second-order valence-electron chi connectivity index (χ2n) is 4.30. The average Bonchev–Trinajstić information content (AvgIpc) is 2.76. The largest absolute Gasteiger partial charge is 0.484 e. The van der Waals surface area contributed by atoms with Gasteiger partial charge in [-0.05, 0) is 40.7 Å². The van der Waals surface area contributed by atoms with Crippen LogP contribution in [0, 0.1) is 0 Å². The number of nitrogens with one attached hydrogen (secondary N) is 1. The predicted octanol–water partition coefficient (Wildman–Crippen LogP) is 4.08. The number of fused-ring (bicyclic) bond motifs is 1. The molecule has 1 atom stereocenters. The smallest absolute Gasteiger partial charge is 0.134 e. The van der Waals surface area contributed by atoms with Crippen molar-refractivity contribution in [2.75, 3.05) is 6.54 Å². The number of benzene rings is 1. The first-order valence-electron chi connectivity index (χ1n) is 6.03. The van der Waals surface area contributed by atoms with Gasteiger partial charge >= 0.3 is 0 Å². The molecule has 0 saturated carbocycles. The maximum Gasteiger partial charge on any atom is 0.134 e. The highest BCUT2D eigenvalue weighted by molar-refractivity contribution is 9.10. The minimum atomic E-state index is 0. The molecule has 0 radical (unpaired) electrons. The molecule has 0 spiro atoms. The molecule has 19 heavy (non-hydrogen) atoms. The molecule has 1 aliphatic heterocycles. The molecular formula is C14H15BrClNO2. The van der Waals surface area contributed by atoms with Gasteiger partial charge in [0.15, 0.2) is 0 Å². The lowest BCUT2D eigenvalue weighted by Crippen LogP contribution is -2.14. The molecule has 1 aromatic carbocycles. The van der Waals surface area contributed by atoms with Gasteiger partial charge in [0.1, 0.15) is 17.6 Å². The molecule has 0 saturated heterocycles. The van der Waals surface area contributed by atoms with Crippen molar-refractivity contribution in [3.63, 3.8) is 0 Å². The highest BCUT2D eigenvalue weighted by Crippen LogP contribution is 2.33. The quantitative estimate of drug-likeness (QED) is 0.891. The van der Waals surface area contributed by atoms with E-state index in [-0.39, 0.29) is 18.5 Å². The fourth-order valence-electron chi connectivity index (χ4n) is 2.19. The lowest BCUT2D eigenvalue weighted by molar-refractivity contribution is 0.195. The number of hydrogen-bond donors (Lipinski definition) is 1. The summed E-state index contributed by atoms with van der Waals surface area (Å²) >= 11 is 3.51. The summed E-state index contributed by atoms with van der Waals surface area (Å²) in [5.74, 6) is 1.85. The van der Waals surface area contributed by atoms with Crippen LogP contribution in [-0.4, -0.2) is 6.54 Å². The maximum absolute atomic E-state index is 6.10. The zero-order valence-corrected chi connectivity index (χ0v) is 12.7. The van der Waals surface area contributed by atoms with E-state index in [2.05, 4.69) is 21.2 Å². The molecule has 3 rings (SSSR count). The Labute approximate surface area is 126 Å². The SMILES string of the molecule is Brc1ccccc1OC1CCNCc2occc21.Cl. The lowest BCUT2D eigenvalue weighted by Gasteiger charge is -2.18. The molecule has 2 aromatic rings. The molecule has 0 bridgehead atoms. The third-order valence-corrected chi connectivity index (χ3v) is 3.76. The Hall–Kier alpha value is -0.970. The van der Waals surface area contributed by atoms with Gasteiger partial charge in [-0.15, -0.1) is 12.4 Å². The number of hydrogen-bond acceptors (Lipinski definition) is 3. The van der Waals surface area contributed by atoms with Crippen molar-refractivity contribution in [1.82, 2.24) is 5.32 Å². The van der Waals surface area contributed by atoms with Crippen LogP contribution >= 0.6 is 28.3 Å². The molecule has 1 N–H and O–H groups in total. The predicted molar refractivity (Wildman–Crippen MR) is 79.8 cm³/mol. The van der Waals surface area contributed by atoms with Crippen LogP contribution in [0.2, 0.25) is 0 Å². The van der Waals surface area contributed by atoms with E-state index in [1.807, 2.05) is 30.3 Å². The van der Waals surface area contributed by atoms with E-state index < -0.39 is 0 Å². The van der Waals surface area contributed by atoms with Crippen LogP contribution in [0.3, 0.4) is 0 Å². The van der Waals surface area contributed by atoms with Gasteiger partial charge < -0.3 is 14.5 Å². The molecule has 0 amide bonds. The summed E-state index contributed by atoms with van der Waals surface area (Å²) in [4.78, 5) is 0. The van der Waals surface area contributed by atoms with Gasteiger partial charge in [-0.3, -0.25) is 0 Å². The van der Waals surface area contributed by atoms with Crippen LogP contribution in [-0.2, 0) is 6.54 Å². The number of furan rings is 1. The maximum atomic E-state index is 6.10. The van der Waals surface area contributed by atoms with E-state index in [0.717, 1.165) is 41.1 Å². The van der Waals surface area contributed by atoms with Gasteiger partial charge in [-0.2, -0.15) is 0 Å². The molecule has 2 heterocycles. The lowest BCUT2D eigenvalue weighted by atomic mass is 10.1. The van der Waals surface area contributed by atoms with E-state index in [0.29, 0.717) is 0 Å². The Bertz CT molecular complexity index is 544. The Balaban J connectivity index is 0.00000133. The fraction of sp³-hybridized carbons (Fsp3) is 0.286. The van der Waals surface area contributed by atoms with Crippen LogP contribution in [0.5, 0.6) is 5.75 Å². The number of para-hydroxylation sites is 1. The molecular weight excluding hydrogens is 330 g/mol. The van der Waals surface area contributed by atoms with Gasteiger partial charge in [0.2, 0.25) is 0 Å². The molecule has 102 valence electrons. The molecule has 1 unspecified atom stereocenters. The summed E-state index contributed by atoms with van der Waals surface area (Å²) in [5.41, 5.74) is 1.15. The van der Waals surface area contributed by atoms with Crippen molar-refractivity contribution in [2.45, 2.75) is 19.1 Å². The van der Waals surface area contributed by atoms with E-state index in [9.17, 15) is 0 Å². The Morgan fingerprint density at radius 1 is 1.26 bits per heavy atom. The van der Waals surface area contributed by atoms with Crippen molar-refractivity contribution in [2.24, 2.45) is 0 Å². The Morgan fingerprint density at radius 2 is 2.11 bits per heavy atom. The fourth-order valence-corrected chi connectivity index (χ4v) is 2.57. The summed E-state index contributed by atoms with van der Waals surface area (Å²) in [6.45, 7) is 1.71. The van der Waals surface area contributed by atoms with Gasteiger partial charge in [-0.25, -0.2) is 0 Å². The minimum absolute atomic E-state index is 0. The summed E-state index contributed by atoms with van der Waals surface area (Å²) < 4.78 is 12.6. The van der Waals surface area contributed by atoms with Crippen molar-refractivity contribution >= 4 is 28.3 Å². The normalized spacial score (nSPS) is 18.1. The van der Waals surface area contributed by atoms with Crippen molar-refractivity contribution in [3.8, 4) is 5.75 Å². The van der Waals surface area contributed by atoms with E-state index in [1.54, 1.807) is 6.26 Å². The van der Waals surface area contributed by atoms with Crippen LogP contribution in [0.15, 0.2) is 45.5 Å². The topological polar surface area (TPSA) is 34.4 Å². The van der Waals surface area contributed by atoms with Crippen LogP contribution in [0.25, 0.3) is 0 Å². The van der Waals surface area contributed by atoms with Gasteiger partial charge in [0.25, 0.3) is 0 Å². The summed E-state index contributed by atoms with van der Waals surface area (Å²) in [6.07, 6.45) is 2.72. The summed E-state index contributed by atoms with van der Waals surface area (Å²) in [5, 5.41) is 3.33. The van der Waals surface area contributed by atoms with Crippen LogP contribution in [0.4, 0.5) is 0 Å². The second kappa shape index (κ2) is 6.46. The molecule has 1 aromatic heterocycles. The average molecular weight is 345 g/mol. The number of ether oxygens (including phenoxy) is 1. The first kappa shape index (κ1) is 14.4. The minimum Gasteiger partial charge on any atom is -0.484 e. The third-order valence-electron chi connectivity index (χ3n) is 3.10. The first-order valence-corrected chi connectivity index (χ1v) is 6.82. The van der Waals surface area contributed by atoms with E-state index >= 15 is 0 Å². The van der Waals surface area contributed by atoms with E-state index in [1.165, 1.54) is 0 Å². The molecule has 3 nitrogen and oxygen atoms in total. The zero-order chi connectivity index (χ0) is 12.4. The Morgan fingerprint density at radius 3 is 2.95 bits per heavy atom. The van der Waals surface area contributed by atoms with E-state index in [4.69, 9.17) is 9.15 Å². The van der Waals surface area contributed by atoms with Gasteiger partial charge in [-0.1, -0.05) is 12.1 Å². The van der Waals surface area contributed by atoms with Crippen molar-refractivity contribution < 1.29 is 9.15 Å². The highest BCUT2D eigenvalue weighted by atomic mass is 79.9. The van der Waals surface area contributed by atoms with Crippen LogP contribution < -0.4 is 10.1 Å². The zero-order valence-electron chi connectivity index (χ0n) is 10.3. The van der Waals surface area contributed by atoms with Crippen molar-refractivity contribution in [1.29, 1.82) is 0 Å². The second-order valence-corrected chi connectivity index (χ2v) is 5.16. The van der Waals surface area contributed by atoms with Crippen molar-refractivity contribution in [3.05, 3.63) is 52.4 Å². The van der Waals surface area contributed by atoms with Gasteiger partial charge in [0.05, 0.1) is 17.3 Å². The van der Waals surface area contributed by atoms with Gasteiger partial charge in [0, 0.05) is 12.0 Å². The molecule has 1 aliphatic rings. The first-order chi connectivity index (χ1) is 8.84. The highest BCUT2D eigenvalue weighted by Gasteiger charge is 2.22. The monoisotopic (exact) mass is 343 g/mol.